The predicted molar refractivity (Wildman–Crippen MR) is 144 cm³/mol. The fourth-order valence-electron chi connectivity index (χ4n) is 4.73. The zero-order valence-corrected chi connectivity index (χ0v) is 21.8. The van der Waals surface area contributed by atoms with Gasteiger partial charge in [-0.05, 0) is 60.5 Å². The van der Waals surface area contributed by atoms with E-state index in [2.05, 4.69) is 4.98 Å². The van der Waals surface area contributed by atoms with Gasteiger partial charge in [0.25, 0.3) is 5.78 Å². The second-order valence-electron chi connectivity index (χ2n) is 9.11. The number of rotatable bonds is 4. The number of benzene rings is 3. The van der Waals surface area contributed by atoms with Crippen LogP contribution in [0.15, 0.2) is 66.2 Å². The lowest BCUT2D eigenvalue weighted by Gasteiger charge is -2.23. The number of carbonyl (C=O) groups excluding carboxylic acids is 3. The normalized spacial score (nSPS) is 18.0. The van der Waals surface area contributed by atoms with E-state index in [4.69, 9.17) is 14.2 Å². The van der Waals surface area contributed by atoms with Crippen molar-refractivity contribution in [3.05, 3.63) is 88.5 Å². The van der Waals surface area contributed by atoms with Crippen LogP contribution in [0, 0.1) is 6.92 Å². The molecule has 196 valence electrons. The summed E-state index contributed by atoms with van der Waals surface area (Å²) in [5.41, 5.74) is 2.74. The molecule has 1 N–H and O–H groups in total. The topological polar surface area (TPSA) is 115 Å². The Hall–Kier alpha value is -4.70. The number of aryl methyl sites for hydroxylation is 1. The van der Waals surface area contributed by atoms with Crippen LogP contribution in [-0.4, -0.2) is 48.1 Å². The fraction of sp³-hybridized carbons (Fsp3) is 0.172. The number of amides is 1. The second-order valence-corrected chi connectivity index (χ2v) is 10.1. The van der Waals surface area contributed by atoms with E-state index in [0.717, 1.165) is 10.3 Å². The number of Topliss-reactive ketones (excluding diaryl/α,β-unsaturated/α-hetero) is 1. The summed E-state index contributed by atoms with van der Waals surface area (Å²) >= 11 is 1.28. The zero-order chi connectivity index (χ0) is 27.3. The number of esters is 1. The van der Waals surface area contributed by atoms with Crippen LogP contribution >= 0.6 is 11.3 Å². The first-order chi connectivity index (χ1) is 18.9. The van der Waals surface area contributed by atoms with Crippen molar-refractivity contribution >= 4 is 50.1 Å². The van der Waals surface area contributed by atoms with Gasteiger partial charge in [-0.1, -0.05) is 29.5 Å². The number of thiazole rings is 1. The maximum Gasteiger partial charge on any atom is 0.337 e. The number of ether oxygens (including phenoxy) is 3. The molecule has 1 amide bonds. The first-order valence-corrected chi connectivity index (χ1v) is 12.9. The number of methoxy groups -OCH3 is 1. The molecule has 0 saturated carbocycles. The van der Waals surface area contributed by atoms with E-state index in [-0.39, 0.29) is 11.3 Å². The molecule has 0 radical (unpaired) electrons. The Kier molecular flexibility index (Phi) is 6.03. The molecule has 39 heavy (non-hydrogen) atoms. The van der Waals surface area contributed by atoms with E-state index in [0.29, 0.717) is 52.1 Å². The average Bonchev–Trinajstić information content (AvgIpc) is 3.49. The lowest BCUT2D eigenvalue weighted by Crippen LogP contribution is -2.29. The summed E-state index contributed by atoms with van der Waals surface area (Å²) in [6.45, 7) is 2.72. The van der Waals surface area contributed by atoms with E-state index in [9.17, 15) is 19.5 Å². The molecular weight excluding hydrogens is 520 g/mol. The Bertz CT molecular complexity index is 1690. The van der Waals surface area contributed by atoms with Gasteiger partial charge in [0.05, 0.1) is 34.5 Å². The monoisotopic (exact) mass is 542 g/mol. The zero-order valence-electron chi connectivity index (χ0n) is 21.0. The van der Waals surface area contributed by atoms with E-state index in [1.54, 1.807) is 42.5 Å². The molecular formula is C29H22N2O7S. The third kappa shape index (κ3) is 4.18. The number of carbonyl (C=O) groups is 3. The Morgan fingerprint density at radius 2 is 1.72 bits per heavy atom. The van der Waals surface area contributed by atoms with Crippen molar-refractivity contribution in [3.8, 4) is 11.5 Å². The maximum atomic E-state index is 13.5. The fourth-order valence-corrected chi connectivity index (χ4v) is 5.82. The van der Waals surface area contributed by atoms with Crippen molar-refractivity contribution in [1.29, 1.82) is 0 Å². The molecule has 1 atom stereocenters. The molecule has 9 nitrogen and oxygen atoms in total. The summed E-state index contributed by atoms with van der Waals surface area (Å²) in [5, 5.41) is 11.8. The molecule has 1 fully saturated rings. The molecule has 6 rings (SSSR count). The highest BCUT2D eigenvalue weighted by atomic mass is 32.1. The molecule has 10 heteroatoms. The van der Waals surface area contributed by atoms with Crippen LogP contribution in [0.5, 0.6) is 11.5 Å². The Morgan fingerprint density at radius 3 is 2.46 bits per heavy atom. The molecule has 3 heterocycles. The Labute approximate surface area is 226 Å². The molecule has 1 aromatic heterocycles. The number of aliphatic hydroxyl groups is 1. The molecule has 0 aliphatic carbocycles. The maximum absolute atomic E-state index is 13.5. The number of hydrogen-bond acceptors (Lipinski definition) is 9. The highest BCUT2D eigenvalue weighted by molar-refractivity contribution is 7.22. The third-order valence-corrected chi connectivity index (χ3v) is 7.66. The largest absolute Gasteiger partial charge is 0.507 e. The van der Waals surface area contributed by atoms with Crippen LogP contribution in [0.3, 0.4) is 0 Å². The SMILES string of the molecule is COC(=O)c1ccc(C2/C(=C(/O)c3ccc4c(c3)OCCO4)C(=O)C(=O)N2c2nc3ccc(C)cc3s2)cc1. The van der Waals surface area contributed by atoms with Crippen molar-refractivity contribution in [2.45, 2.75) is 13.0 Å². The standard InChI is InChI=1S/C29H22N2O7S/c1-15-3-9-19-22(13-15)39-29(30-19)31-24(16-4-6-17(7-5-16)28(35)36-2)23(26(33)27(31)34)25(32)18-8-10-20-21(14-18)38-12-11-37-20/h3-10,13-14,24,32H,11-12H2,1-2H3/b25-23-. The van der Waals surface area contributed by atoms with Crippen LogP contribution in [0.2, 0.25) is 0 Å². The van der Waals surface area contributed by atoms with Gasteiger partial charge in [-0.15, -0.1) is 0 Å². The van der Waals surface area contributed by atoms with Gasteiger partial charge in [-0.2, -0.15) is 0 Å². The highest BCUT2D eigenvalue weighted by Gasteiger charge is 2.48. The van der Waals surface area contributed by atoms with Crippen molar-refractivity contribution < 1.29 is 33.7 Å². The third-order valence-electron chi connectivity index (χ3n) is 6.65. The van der Waals surface area contributed by atoms with E-state index < -0.39 is 23.7 Å². The molecule has 1 unspecified atom stereocenters. The molecule has 0 spiro atoms. The van der Waals surface area contributed by atoms with Crippen molar-refractivity contribution in [2.75, 3.05) is 25.2 Å². The van der Waals surface area contributed by atoms with Gasteiger partial charge in [-0.25, -0.2) is 9.78 Å². The predicted octanol–water partition coefficient (Wildman–Crippen LogP) is 4.79. The molecule has 0 bridgehead atoms. The second kappa shape index (κ2) is 9.55. The lowest BCUT2D eigenvalue weighted by molar-refractivity contribution is -0.132. The van der Waals surface area contributed by atoms with Crippen LogP contribution in [0.25, 0.3) is 16.0 Å². The quantitative estimate of drug-likeness (QED) is 0.169. The highest BCUT2D eigenvalue weighted by Crippen LogP contribution is 2.45. The lowest BCUT2D eigenvalue weighted by atomic mass is 9.94. The van der Waals surface area contributed by atoms with Gasteiger partial charge < -0.3 is 19.3 Å². The van der Waals surface area contributed by atoms with Gasteiger partial charge in [0.1, 0.15) is 19.0 Å². The first-order valence-electron chi connectivity index (χ1n) is 12.1. The summed E-state index contributed by atoms with van der Waals surface area (Å²) in [6.07, 6.45) is 0. The minimum absolute atomic E-state index is 0.0991. The number of fused-ring (bicyclic) bond motifs is 2. The van der Waals surface area contributed by atoms with Gasteiger partial charge in [0.2, 0.25) is 0 Å². The summed E-state index contributed by atoms with van der Waals surface area (Å²) in [4.78, 5) is 45.0. The minimum Gasteiger partial charge on any atom is -0.507 e. The van der Waals surface area contributed by atoms with Gasteiger partial charge in [-0.3, -0.25) is 14.5 Å². The van der Waals surface area contributed by atoms with E-state index >= 15 is 0 Å². The Balaban J connectivity index is 1.52. The van der Waals surface area contributed by atoms with Crippen LogP contribution in [-0.2, 0) is 14.3 Å². The number of nitrogens with zero attached hydrogens (tertiary/aromatic N) is 2. The molecule has 1 saturated heterocycles. The molecule has 4 aromatic rings. The van der Waals surface area contributed by atoms with Crippen molar-refractivity contribution in [3.63, 3.8) is 0 Å². The smallest absolute Gasteiger partial charge is 0.337 e. The number of anilines is 1. The summed E-state index contributed by atoms with van der Waals surface area (Å²) in [6, 6.07) is 15.9. The number of ketones is 1. The molecule has 3 aromatic carbocycles. The summed E-state index contributed by atoms with van der Waals surface area (Å²) in [5.74, 6) is -1.58. The summed E-state index contributed by atoms with van der Waals surface area (Å²) in [7, 11) is 1.29. The van der Waals surface area contributed by atoms with Crippen LogP contribution < -0.4 is 14.4 Å². The molecule has 2 aliphatic rings. The summed E-state index contributed by atoms with van der Waals surface area (Å²) < 4.78 is 16.9. The Morgan fingerprint density at radius 1 is 1.00 bits per heavy atom. The minimum atomic E-state index is -0.994. The first kappa shape index (κ1) is 24.6. The van der Waals surface area contributed by atoms with E-state index in [1.807, 2.05) is 25.1 Å². The molecule has 2 aliphatic heterocycles. The van der Waals surface area contributed by atoms with Gasteiger partial charge in [0.15, 0.2) is 16.6 Å². The van der Waals surface area contributed by atoms with Gasteiger partial charge >= 0.3 is 11.9 Å². The van der Waals surface area contributed by atoms with Crippen molar-refractivity contribution in [2.24, 2.45) is 0 Å². The number of hydrogen-bond donors (Lipinski definition) is 1. The van der Waals surface area contributed by atoms with Crippen molar-refractivity contribution in [1.82, 2.24) is 4.98 Å². The van der Waals surface area contributed by atoms with Gasteiger partial charge in [0, 0.05) is 5.56 Å². The number of aliphatic hydroxyl groups excluding tert-OH is 1. The number of aromatic nitrogens is 1. The van der Waals surface area contributed by atoms with Crippen LogP contribution in [0.4, 0.5) is 5.13 Å². The van der Waals surface area contributed by atoms with Crippen LogP contribution in [0.1, 0.15) is 33.1 Å². The average molecular weight is 543 g/mol. The van der Waals surface area contributed by atoms with E-state index in [1.165, 1.54) is 23.3 Å².